The summed E-state index contributed by atoms with van der Waals surface area (Å²) >= 11 is 0. The fourth-order valence-corrected chi connectivity index (χ4v) is 2.34. The Labute approximate surface area is 143 Å². The van der Waals surface area contributed by atoms with Crippen LogP contribution in [0.3, 0.4) is 0 Å². The van der Waals surface area contributed by atoms with Crippen molar-refractivity contribution in [2.45, 2.75) is 13.0 Å². The highest BCUT2D eigenvalue weighted by Gasteiger charge is 2.18. The predicted octanol–water partition coefficient (Wildman–Crippen LogP) is 3.66. The third kappa shape index (κ3) is 2.96. The SMILES string of the molecule is Fc1cc(-c2nnc(C(F)F)o2)cnc1COc1cccc2[nH]ncc12. The zero-order valence-electron chi connectivity index (χ0n) is 13.0. The van der Waals surface area contributed by atoms with E-state index in [0.29, 0.717) is 5.75 Å². The molecular weight excluding hydrogens is 351 g/mol. The molecule has 0 saturated heterocycles. The summed E-state index contributed by atoms with van der Waals surface area (Å²) in [5, 5.41) is 14.1. The van der Waals surface area contributed by atoms with Gasteiger partial charge in [0, 0.05) is 6.20 Å². The first-order chi connectivity index (χ1) is 12.6. The average Bonchev–Trinajstić information content (AvgIpc) is 3.30. The van der Waals surface area contributed by atoms with Crippen LogP contribution in [-0.2, 0) is 6.61 Å². The molecule has 26 heavy (non-hydrogen) atoms. The number of aromatic amines is 1. The van der Waals surface area contributed by atoms with Crippen molar-refractivity contribution in [2.24, 2.45) is 0 Å². The van der Waals surface area contributed by atoms with Gasteiger partial charge in [-0.3, -0.25) is 10.1 Å². The lowest BCUT2D eigenvalue weighted by Gasteiger charge is -2.08. The summed E-state index contributed by atoms with van der Waals surface area (Å²) in [4.78, 5) is 3.95. The van der Waals surface area contributed by atoms with Gasteiger partial charge in [-0.1, -0.05) is 6.07 Å². The van der Waals surface area contributed by atoms with Crippen LogP contribution >= 0.6 is 0 Å². The molecule has 4 aromatic rings. The van der Waals surface area contributed by atoms with E-state index in [4.69, 9.17) is 9.15 Å². The maximum atomic E-state index is 14.3. The summed E-state index contributed by atoms with van der Waals surface area (Å²) in [5.41, 5.74) is 0.933. The average molecular weight is 361 g/mol. The third-order valence-electron chi connectivity index (χ3n) is 3.60. The van der Waals surface area contributed by atoms with Gasteiger partial charge in [0.25, 0.3) is 5.89 Å². The Hall–Kier alpha value is -3.43. The number of aromatic nitrogens is 5. The standard InChI is InChI=1S/C16H10F3N5O2/c17-10-4-8(15-23-24-16(26-15)14(18)19)5-20-12(10)7-25-13-3-1-2-11-9(13)6-21-22-11/h1-6,14H,7H2,(H,21,22). The number of nitrogens with one attached hydrogen (secondary N) is 1. The minimum atomic E-state index is -2.90. The third-order valence-corrected chi connectivity index (χ3v) is 3.60. The summed E-state index contributed by atoms with van der Waals surface area (Å²) in [6.07, 6.45) is -0.0381. The monoisotopic (exact) mass is 361 g/mol. The molecule has 3 heterocycles. The van der Waals surface area contributed by atoms with Gasteiger partial charge >= 0.3 is 6.43 Å². The lowest BCUT2D eigenvalue weighted by atomic mass is 10.2. The second-order valence-corrected chi connectivity index (χ2v) is 5.27. The normalized spacial score (nSPS) is 11.4. The minimum Gasteiger partial charge on any atom is -0.486 e. The van der Waals surface area contributed by atoms with E-state index in [1.54, 1.807) is 18.3 Å². The lowest BCUT2D eigenvalue weighted by molar-refractivity contribution is 0.116. The van der Waals surface area contributed by atoms with Crippen LogP contribution in [0.5, 0.6) is 5.75 Å². The number of fused-ring (bicyclic) bond motifs is 1. The highest BCUT2D eigenvalue weighted by Crippen LogP contribution is 2.26. The second-order valence-electron chi connectivity index (χ2n) is 5.27. The van der Waals surface area contributed by atoms with E-state index in [1.807, 2.05) is 6.07 Å². The highest BCUT2D eigenvalue weighted by atomic mass is 19.3. The molecule has 0 spiro atoms. The Morgan fingerprint density at radius 2 is 2.08 bits per heavy atom. The minimum absolute atomic E-state index is 0.0443. The van der Waals surface area contributed by atoms with E-state index in [-0.39, 0.29) is 23.8 Å². The number of ether oxygens (including phenoxy) is 1. The van der Waals surface area contributed by atoms with E-state index in [9.17, 15) is 13.2 Å². The second kappa shape index (κ2) is 6.47. The molecule has 0 unspecified atom stereocenters. The van der Waals surface area contributed by atoms with Gasteiger partial charge < -0.3 is 9.15 Å². The van der Waals surface area contributed by atoms with Crippen LogP contribution in [0.2, 0.25) is 0 Å². The molecule has 132 valence electrons. The molecule has 0 atom stereocenters. The van der Waals surface area contributed by atoms with Crippen molar-refractivity contribution in [1.82, 2.24) is 25.4 Å². The molecule has 0 amide bonds. The predicted molar refractivity (Wildman–Crippen MR) is 82.9 cm³/mol. The summed E-state index contributed by atoms with van der Waals surface area (Å²) in [6.45, 7) is -0.122. The summed E-state index contributed by atoms with van der Waals surface area (Å²) in [7, 11) is 0. The Bertz CT molecular complexity index is 1060. The summed E-state index contributed by atoms with van der Waals surface area (Å²) in [6, 6.07) is 6.42. The Balaban J connectivity index is 1.53. The van der Waals surface area contributed by atoms with Crippen molar-refractivity contribution in [3.8, 4) is 17.2 Å². The first kappa shape index (κ1) is 16.1. The molecule has 0 saturated carbocycles. The highest BCUT2D eigenvalue weighted by molar-refractivity contribution is 5.84. The molecule has 0 aliphatic carbocycles. The van der Waals surface area contributed by atoms with Gasteiger partial charge in [-0.15, -0.1) is 10.2 Å². The molecular formula is C16H10F3N5O2. The van der Waals surface area contributed by atoms with Crippen molar-refractivity contribution in [1.29, 1.82) is 0 Å². The molecule has 1 N–H and O–H groups in total. The molecule has 3 aromatic heterocycles. The Kier molecular flexibility index (Phi) is 3.99. The summed E-state index contributed by atoms with van der Waals surface area (Å²) in [5.74, 6) is -1.22. The molecule has 0 bridgehead atoms. The molecule has 0 aliphatic heterocycles. The van der Waals surface area contributed by atoms with Crippen molar-refractivity contribution >= 4 is 10.9 Å². The van der Waals surface area contributed by atoms with Gasteiger partial charge in [0.15, 0.2) is 0 Å². The Morgan fingerprint density at radius 3 is 2.85 bits per heavy atom. The number of benzene rings is 1. The number of alkyl halides is 2. The number of hydrogen-bond donors (Lipinski definition) is 1. The summed E-state index contributed by atoms with van der Waals surface area (Å²) < 4.78 is 49.6. The van der Waals surface area contributed by atoms with Crippen LogP contribution in [0.1, 0.15) is 18.0 Å². The lowest BCUT2D eigenvalue weighted by Crippen LogP contribution is -2.02. The molecule has 0 radical (unpaired) electrons. The van der Waals surface area contributed by atoms with Crippen molar-refractivity contribution in [3.63, 3.8) is 0 Å². The first-order valence-corrected chi connectivity index (χ1v) is 7.43. The van der Waals surface area contributed by atoms with Crippen LogP contribution in [0.4, 0.5) is 13.2 Å². The van der Waals surface area contributed by atoms with E-state index in [0.717, 1.165) is 17.0 Å². The van der Waals surface area contributed by atoms with Gasteiger partial charge in [-0.05, 0) is 18.2 Å². The van der Waals surface area contributed by atoms with Crippen molar-refractivity contribution in [3.05, 3.63) is 54.1 Å². The smallest absolute Gasteiger partial charge is 0.314 e. The van der Waals surface area contributed by atoms with Gasteiger partial charge in [0.2, 0.25) is 5.89 Å². The molecule has 1 aromatic carbocycles. The number of pyridine rings is 1. The topological polar surface area (TPSA) is 89.7 Å². The number of H-pyrrole nitrogens is 1. The van der Waals surface area contributed by atoms with Gasteiger partial charge in [-0.25, -0.2) is 4.39 Å². The fraction of sp³-hybridized carbons (Fsp3) is 0.125. The van der Waals surface area contributed by atoms with E-state index < -0.39 is 18.1 Å². The number of nitrogens with zero attached hydrogens (tertiary/aromatic N) is 4. The van der Waals surface area contributed by atoms with Crippen molar-refractivity contribution in [2.75, 3.05) is 0 Å². The largest absolute Gasteiger partial charge is 0.486 e. The van der Waals surface area contributed by atoms with E-state index in [2.05, 4.69) is 25.4 Å². The molecule has 4 rings (SSSR count). The van der Waals surface area contributed by atoms with Gasteiger partial charge in [0.05, 0.1) is 22.7 Å². The van der Waals surface area contributed by atoms with Crippen molar-refractivity contribution < 1.29 is 22.3 Å². The van der Waals surface area contributed by atoms with Crippen LogP contribution in [0.15, 0.2) is 41.1 Å². The van der Waals surface area contributed by atoms with Gasteiger partial charge in [-0.2, -0.15) is 13.9 Å². The number of halogens is 3. The molecule has 0 fully saturated rings. The first-order valence-electron chi connectivity index (χ1n) is 7.43. The van der Waals surface area contributed by atoms with E-state index in [1.165, 1.54) is 6.20 Å². The maximum Gasteiger partial charge on any atom is 0.314 e. The van der Waals surface area contributed by atoms with Gasteiger partial charge in [0.1, 0.15) is 23.9 Å². The number of rotatable bonds is 5. The molecule has 7 nitrogen and oxygen atoms in total. The fourth-order valence-electron chi connectivity index (χ4n) is 2.34. The zero-order valence-corrected chi connectivity index (χ0v) is 13.0. The zero-order chi connectivity index (χ0) is 18.1. The molecule has 0 aliphatic rings. The Morgan fingerprint density at radius 1 is 1.19 bits per heavy atom. The van der Waals surface area contributed by atoms with Crippen LogP contribution in [0.25, 0.3) is 22.4 Å². The van der Waals surface area contributed by atoms with Crippen LogP contribution in [0, 0.1) is 5.82 Å². The van der Waals surface area contributed by atoms with Crippen LogP contribution in [-0.4, -0.2) is 25.4 Å². The molecule has 10 heteroatoms. The van der Waals surface area contributed by atoms with Crippen LogP contribution < -0.4 is 4.74 Å². The number of hydrogen-bond acceptors (Lipinski definition) is 6. The maximum absolute atomic E-state index is 14.3. The van der Waals surface area contributed by atoms with E-state index >= 15 is 0 Å². The quantitative estimate of drug-likeness (QED) is 0.583.